The molecule has 3 rings (SSSR count). The van der Waals surface area contributed by atoms with Crippen LogP contribution in [0.4, 0.5) is 0 Å². The molecular formula is C20H28N6O2. The van der Waals surface area contributed by atoms with Gasteiger partial charge in [0.25, 0.3) is 0 Å². The lowest BCUT2D eigenvalue weighted by Gasteiger charge is -2.34. The number of H-pyrrole nitrogens is 1. The first kappa shape index (κ1) is 20.0. The van der Waals surface area contributed by atoms with Crippen LogP contribution in [-0.4, -0.2) is 51.0 Å². The molecule has 8 heteroatoms. The molecule has 1 atom stereocenters. The molecule has 1 fully saturated rings. The van der Waals surface area contributed by atoms with Gasteiger partial charge in [-0.05, 0) is 17.7 Å². The molecule has 2 aromatic heterocycles. The van der Waals surface area contributed by atoms with Crippen molar-refractivity contribution in [2.75, 3.05) is 13.1 Å². The van der Waals surface area contributed by atoms with Gasteiger partial charge in [-0.25, -0.2) is 0 Å². The molecule has 0 saturated carbocycles. The molecule has 2 aromatic rings. The van der Waals surface area contributed by atoms with Gasteiger partial charge in [-0.15, -0.1) is 0 Å². The van der Waals surface area contributed by atoms with Gasteiger partial charge in [0.1, 0.15) is 0 Å². The second-order valence-corrected chi connectivity index (χ2v) is 8.15. The Labute approximate surface area is 165 Å². The molecule has 0 aromatic carbocycles. The number of aromatic amines is 1. The van der Waals surface area contributed by atoms with Crippen LogP contribution >= 0.6 is 0 Å². The molecule has 150 valence electrons. The standard InChI is InChI=1S/C20H28N6O2/c1-20(2,3)17-9-15(24-25-17)12-23-18(27)10-16-19(28)22-7-8-26(16)13-14-5-4-6-21-11-14/h4-6,9,11,16H,7-8,10,12-13H2,1-3H3,(H,22,28)(H,23,27)(H,24,25). The number of rotatable bonds is 6. The molecule has 1 aliphatic rings. The van der Waals surface area contributed by atoms with Gasteiger partial charge in [-0.2, -0.15) is 5.10 Å². The van der Waals surface area contributed by atoms with Crippen molar-refractivity contribution in [1.29, 1.82) is 0 Å². The molecule has 1 unspecified atom stereocenters. The Bertz CT molecular complexity index is 812. The van der Waals surface area contributed by atoms with Crippen molar-refractivity contribution in [3.63, 3.8) is 0 Å². The fourth-order valence-electron chi connectivity index (χ4n) is 3.18. The summed E-state index contributed by atoms with van der Waals surface area (Å²) in [5, 5.41) is 13.0. The molecule has 1 saturated heterocycles. The Hall–Kier alpha value is -2.74. The third-order valence-electron chi connectivity index (χ3n) is 4.80. The maximum Gasteiger partial charge on any atom is 0.237 e. The monoisotopic (exact) mass is 384 g/mol. The Morgan fingerprint density at radius 2 is 2.21 bits per heavy atom. The first-order valence-corrected chi connectivity index (χ1v) is 9.55. The van der Waals surface area contributed by atoms with Crippen LogP contribution in [0.25, 0.3) is 0 Å². The van der Waals surface area contributed by atoms with Gasteiger partial charge in [0.05, 0.1) is 30.4 Å². The van der Waals surface area contributed by atoms with Gasteiger partial charge in [-0.1, -0.05) is 26.8 Å². The second kappa shape index (κ2) is 8.52. The third kappa shape index (κ3) is 5.16. The minimum absolute atomic E-state index is 0.0499. The number of nitrogens with zero attached hydrogens (tertiary/aromatic N) is 3. The van der Waals surface area contributed by atoms with E-state index >= 15 is 0 Å². The molecule has 0 bridgehead atoms. The van der Waals surface area contributed by atoms with Crippen LogP contribution in [0.15, 0.2) is 30.6 Å². The van der Waals surface area contributed by atoms with Crippen molar-refractivity contribution in [2.45, 2.75) is 51.7 Å². The van der Waals surface area contributed by atoms with Crippen LogP contribution in [0.5, 0.6) is 0 Å². The molecule has 1 aliphatic heterocycles. The van der Waals surface area contributed by atoms with Gasteiger partial charge in [0.15, 0.2) is 0 Å². The predicted octanol–water partition coefficient (Wildman–Crippen LogP) is 1.11. The van der Waals surface area contributed by atoms with E-state index in [1.54, 1.807) is 12.4 Å². The first-order chi connectivity index (χ1) is 13.3. The fourth-order valence-corrected chi connectivity index (χ4v) is 3.18. The van der Waals surface area contributed by atoms with E-state index in [1.165, 1.54) is 0 Å². The van der Waals surface area contributed by atoms with Gasteiger partial charge >= 0.3 is 0 Å². The summed E-state index contributed by atoms with van der Waals surface area (Å²) in [4.78, 5) is 31.0. The summed E-state index contributed by atoms with van der Waals surface area (Å²) < 4.78 is 0. The fraction of sp³-hybridized carbons (Fsp3) is 0.500. The van der Waals surface area contributed by atoms with Crippen molar-refractivity contribution in [2.24, 2.45) is 0 Å². The topological polar surface area (TPSA) is 103 Å². The van der Waals surface area contributed by atoms with Crippen molar-refractivity contribution in [3.8, 4) is 0 Å². The zero-order chi connectivity index (χ0) is 20.1. The maximum atomic E-state index is 12.5. The summed E-state index contributed by atoms with van der Waals surface area (Å²) in [7, 11) is 0. The van der Waals surface area contributed by atoms with Gasteiger partial charge in [0, 0.05) is 37.4 Å². The van der Waals surface area contributed by atoms with Crippen molar-refractivity contribution in [1.82, 2.24) is 30.7 Å². The summed E-state index contributed by atoms with van der Waals surface area (Å²) in [6.07, 6.45) is 3.62. The van der Waals surface area contributed by atoms with Crippen LogP contribution < -0.4 is 10.6 Å². The highest BCUT2D eigenvalue weighted by Crippen LogP contribution is 2.20. The summed E-state index contributed by atoms with van der Waals surface area (Å²) in [5.74, 6) is -0.271. The lowest BCUT2D eigenvalue weighted by molar-refractivity contribution is -0.134. The number of hydrogen-bond donors (Lipinski definition) is 3. The highest BCUT2D eigenvalue weighted by atomic mass is 16.2. The number of piperazine rings is 1. The number of aromatic nitrogens is 3. The Kier molecular flexibility index (Phi) is 6.08. The largest absolute Gasteiger partial charge is 0.353 e. The Morgan fingerprint density at radius 1 is 1.39 bits per heavy atom. The summed E-state index contributed by atoms with van der Waals surface area (Å²) in [5.41, 5.74) is 2.77. The highest BCUT2D eigenvalue weighted by Gasteiger charge is 2.31. The van der Waals surface area contributed by atoms with Crippen LogP contribution in [0, 0.1) is 0 Å². The van der Waals surface area contributed by atoms with E-state index in [1.807, 2.05) is 23.1 Å². The summed E-state index contributed by atoms with van der Waals surface area (Å²) in [6.45, 7) is 8.50. The average Bonchev–Trinajstić information content (AvgIpc) is 3.13. The summed E-state index contributed by atoms with van der Waals surface area (Å²) in [6, 6.07) is 5.32. The highest BCUT2D eigenvalue weighted by molar-refractivity contribution is 5.88. The minimum atomic E-state index is -0.485. The van der Waals surface area contributed by atoms with Gasteiger partial charge < -0.3 is 10.6 Å². The van der Waals surface area contributed by atoms with Crippen molar-refractivity contribution < 1.29 is 9.59 Å². The van der Waals surface area contributed by atoms with Gasteiger partial charge in [0.2, 0.25) is 11.8 Å². The van der Waals surface area contributed by atoms with Crippen LogP contribution in [0.1, 0.15) is 44.1 Å². The minimum Gasteiger partial charge on any atom is -0.353 e. The molecule has 28 heavy (non-hydrogen) atoms. The number of nitrogens with one attached hydrogen (secondary N) is 3. The van der Waals surface area contributed by atoms with E-state index in [0.717, 1.165) is 17.0 Å². The smallest absolute Gasteiger partial charge is 0.237 e. The van der Waals surface area contributed by atoms with E-state index in [2.05, 4.69) is 46.6 Å². The lowest BCUT2D eigenvalue weighted by Crippen LogP contribution is -2.56. The Morgan fingerprint density at radius 3 is 2.89 bits per heavy atom. The molecule has 0 spiro atoms. The molecule has 3 heterocycles. The lowest BCUT2D eigenvalue weighted by atomic mass is 9.92. The number of hydrogen-bond acceptors (Lipinski definition) is 5. The molecule has 8 nitrogen and oxygen atoms in total. The molecule has 3 N–H and O–H groups in total. The van der Waals surface area contributed by atoms with Crippen LogP contribution in [-0.2, 0) is 28.1 Å². The van der Waals surface area contributed by atoms with E-state index in [9.17, 15) is 9.59 Å². The number of carbonyl (C=O) groups excluding carboxylic acids is 2. The number of pyridine rings is 1. The van der Waals surface area contributed by atoms with Crippen molar-refractivity contribution in [3.05, 3.63) is 47.5 Å². The molecule has 0 aliphatic carbocycles. The normalized spacial score (nSPS) is 18.0. The number of carbonyl (C=O) groups is 2. The quantitative estimate of drug-likeness (QED) is 0.692. The van der Waals surface area contributed by atoms with Gasteiger partial charge in [-0.3, -0.25) is 24.6 Å². The average molecular weight is 384 g/mol. The zero-order valence-electron chi connectivity index (χ0n) is 16.7. The SMILES string of the molecule is CC(C)(C)c1cc(CNC(=O)CC2C(=O)NCCN2Cc2cccnc2)[nH]n1. The van der Waals surface area contributed by atoms with E-state index in [0.29, 0.717) is 26.2 Å². The van der Waals surface area contributed by atoms with E-state index in [-0.39, 0.29) is 23.7 Å². The molecule has 2 amide bonds. The molecular weight excluding hydrogens is 356 g/mol. The van der Waals surface area contributed by atoms with Crippen LogP contribution in [0.2, 0.25) is 0 Å². The third-order valence-corrected chi connectivity index (χ3v) is 4.80. The van der Waals surface area contributed by atoms with E-state index < -0.39 is 6.04 Å². The summed E-state index contributed by atoms with van der Waals surface area (Å²) >= 11 is 0. The Balaban J connectivity index is 1.57. The second-order valence-electron chi connectivity index (χ2n) is 8.15. The number of amides is 2. The first-order valence-electron chi connectivity index (χ1n) is 9.55. The maximum absolute atomic E-state index is 12.5. The van der Waals surface area contributed by atoms with Crippen LogP contribution in [0.3, 0.4) is 0 Å². The van der Waals surface area contributed by atoms with E-state index in [4.69, 9.17) is 0 Å². The predicted molar refractivity (Wildman–Crippen MR) is 105 cm³/mol. The zero-order valence-corrected chi connectivity index (χ0v) is 16.7. The van der Waals surface area contributed by atoms with Crippen molar-refractivity contribution >= 4 is 11.8 Å². The molecule has 0 radical (unpaired) electrons.